The molecule has 0 aliphatic heterocycles. The van der Waals surface area contributed by atoms with E-state index in [2.05, 4.69) is 10.3 Å². The van der Waals surface area contributed by atoms with Crippen molar-refractivity contribution in [3.05, 3.63) is 53.5 Å². The maximum Gasteiger partial charge on any atom is 0.219 e. The third kappa shape index (κ3) is 3.33. The summed E-state index contributed by atoms with van der Waals surface area (Å²) in [6, 6.07) is 11.0. The molecule has 1 aliphatic carbocycles. The predicted molar refractivity (Wildman–Crippen MR) is 75.3 cm³/mol. The molecule has 3 rings (SSSR count). The second kappa shape index (κ2) is 5.59. The summed E-state index contributed by atoms with van der Waals surface area (Å²) in [7, 11) is 0. The molecule has 104 valence electrons. The number of benzene rings is 1. The molecule has 1 N–H and O–H groups in total. The van der Waals surface area contributed by atoms with Gasteiger partial charge in [0.1, 0.15) is 0 Å². The van der Waals surface area contributed by atoms with Crippen molar-refractivity contribution >= 4 is 0 Å². The van der Waals surface area contributed by atoms with Gasteiger partial charge in [-0.3, -0.25) is 0 Å². The Bertz CT molecular complexity index is 611. The van der Waals surface area contributed by atoms with Gasteiger partial charge in [-0.2, -0.15) is 0 Å². The molecule has 1 heterocycles. The van der Waals surface area contributed by atoms with E-state index in [1.54, 1.807) is 18.2 Å². The number of rotatable bonds is 5. The van der Waals surface area contributed by atoms with Crippen molar-refractivity contribution in [3.8, 4) is 11.6 Å². The Labute approximate surface area is 117 Å². The van der Waals surface area contributed by atoms with Crippen LogP contribution in [0.5, 0.6) is 11.6 Å². The predicted octanol–water partition coefficient (Wildman–Crippen LogP) is 3.57. The summed E-state index contributed by atoms with van der Waals surface area (Å²) in [4.78, 5) is 4.39. The lowest BCUT2D eigenvalue weighted by Gasteiger charge is -2.08. The van der Waals surface area contributed by atoms with Gasteiger partial charge in [0.05, 0.1) is 5.69 Å². The highest BCUT2D eigenvalue weighted by atomic mass is 19.1. The first kappa shape index (κ1) is 13.1. The number of ether oxygens (including phenoxy) is 1. The topological polar surface area (TPSA) is 34.1 Å². The minimum atomic E-state index is -0.376. The molecule has 0 atom stereocenters. The van der Waals surface area contributed by atoms with E-state index in [1.165, 1.54) is 18.9 Å². The zero-order valence-corrected chi connectivity index (χ0v) is 11.4. The number of nitrogens with zero attached hydrogens (tertiary/aromatic N) is 1. The molecule has 0 unspecified atom stereocenters. The lowest BCUT2D eigenvalue weighted by atomic mass is 10.2. The molecular weight excluding hydrogens is 255 g/mol. The van der Waals surface area contributed by atoms with Gasteiger partial charge >= 0.3 is 0 Å². The number of halogens is 1. The second-order valence-electron chi connectivity index (χ2n) is 5.16. The number of hydrogen-bond donors (Lipinski definition) is 1. The summed E-state index contributed by atoms with van der Waals surface area (Å²) in [6.45, 7) is 2.62. The van der Waals surface area contributed by atoms with Gasteiger partial charge in [-0.05, 0) is 43.5 Å². The molecule has 3 nitrogen and oxygen atoms in total. The first-order valence-electron chi connectivity index (χ1n) is 6.84. The molecular formula is C16H17FN2O. The van der Waals surface area contributed by atoms with Crippen molar-refractivity contribution in [3.63, 3.8) is 0 Å². The summed E-state index contributed by atoms with van der Waals surface area (Å²) in [5, 5.41) is 3.39. The van der Waals surface area contributed by atoms with E-state index in [9.17, 15) is 4.39 Å². The Hall–Kier alpha value is -1.94. The molecule has 20 heavy (non-hydrogen) atoms. The molecule has 0 spiro atoms. The molecule has 0 bridgehead atoms. The van der Waals surface area contributed by atoms with Gasteiger partial charge < -0.3 is 10.1 Å². The summed E-state index contributed by atoms with van der Waals surface area (Å²) in [5.74, 6) is 0.258. The smallest absolute Gasteiger partial charge is 0.219 e. The Morgan fingerprint density at radius 1 is 1.30 bits per heavy atom. The van der Waals surface area contributed by atoms with Gasteiger partial charge in [0.25, 0.3) is 0 Å². The van der Waals surface area contributed by atoms with E-state index >= 15 is 0 Å². The number of pyridine rings is 1. The Kier molecular flexibility index (Phi) is 3.65. The standard InChI is InChI=1S/C16H17FN2O/c1-11-5-8-14(17)15(9-11)20-16-4-2-3-13(19-16)10-18-12-6-7-12/h2-5,8-9,12,18H,6-7,10H2,1H3. The molecule has 0 amide bonds. The number of aryl methyl sites for hydroxylation is 1. The van der Waals surface area contributed by atoms with E-state index in [-0.39, 0.29) is 11.6 Å². The Morgan fingerprint density at radius 3 is 2.95 bits per heavy atom. The van der Waals surface area contributed by atoms with Gasteiger partial charge in [-0.15, -0.1) is 0 Å². The maximum absolute atomic E-state index is 13.7. The SMILES string of the molecule is Cc1ccc(F)c(Oc2cccc(CNC3CC3)n2)c1. The fourth-order valence-corrected chi connectivity index (χ4v) is 1.95. The highest BCUT2D eigenvalue weighted by Crippen LogP contribution is 2.24. The molecule has 0 saturated heterocycles. The van der Waals surface area contributed by atoms with E-state index in [0.717, 1.165) is 17.8 Å². The maximum atomic E-state index is 13.7. The van der Waals surface area contributed by atoms with Crippen molar-refractivity contribution in [1.29, 1.82) is 0 Å². The van der Waals surface area contributed by atoms with Crippen LogP contribution >= 0.6 is 0 Å². The van der Waals surface area contributed by atoms with Crippen molar-refractivity contribution in [1.82, 2.24) is 10.3 Å². The van der Waals surface area contributed by atoms with Crippen LogP contribution in [0.1, 0.15) is 24.1 Å². The van der Waals surface area contributed by atoms with Gasteiger partial charge in [0.2, 0.25) is 5.88 Å². The monoisotopic (exact) mass is 272 g/mol. The van der Waals surface area contributed by atoms with E-state index < -0.39 is 0 Å². The summed E-state index contributed by atoms with van der Waals surface area (Å²) >= 11 is 0. The number of nitrogens with one attached hydrogen (secondary N) is 1. The third-order valence-corrected chi connectivity index (χ3v) is 3.23. The second-order valence-corrected chi connectivity index (χ2v) is 5.16. The summed E-state index contributed by atoms with van der Waals surface area (Å²) in [5.41, 5.74) is 1.86. The van der Waals surface area contributed by atoms with Gasteiger partial charge in [-0.1, -0.05) is 12.1 Å². The Morgan fingerprint density at radius 2 is 2.15 bits per heavy atom. The summed E-state index contributed by atoms with van der Waals surface area (Å²) in [6.07, 6.45) is 2.48. The van der Waals surface area contributed by atoms with Gasteiger partial charge in [-0.25, -0.2) is 9.37 Å². The quantitative estimate of drug-likeness (QED) is 0.903. The highest BCUT2D eigenvalue weighted by molar-refractivity contribution is 5.32. The van der Waals surface area contributed by atoms with Crippen molar-refractivity contribution in [2.75, 3.05) is 0 Å². The molecule has 1 aromatic heterocycles. The summed E-state index contributed by atoms with van der Waals surface area (Å²) < 4.78 is 19.2. The molecule has 1 aliphatic rings. The Balaban J connectivity index is 1.72. The minimum Gasteiger partial charge on any atom is -0.436 e. The van der Waals surface area contributed by atoms with Crippen LogP contribution in [-0.2, 0) is 6.54 Å². The zero-order chi connectivity index (χ0) is 13.9. The van der Waals surface area contributed by atoms with Gasteiger partial charge in [0, 0.05) is 18.7 Å². The van der Waals surface area contributed by atoms with Crippen LogP contribution in [0.2, 0.25) is 0 Å². The molecule has 1 saturated carbocycles. The molecule has 0 radical (unpaired) electrons. The zero-order valence-electron chi connectivity index (χ0n) is 11.4. The van der Waals surface area contributed by atoms with E-state index in [4.69, 9.17) is 4.74 Å². The van der Waals surface area contributed by atoms with Crippen LogP contribution in [0.3, 0.4) is 0 Å². The van der Waals surface area contributed by atoms with Crippen molar-refractivity contribution in [2.45, 2.75) is 32.4 Å². The molecule has 4 heteroatoms. The van der Waals surface area contributed by atoms with Gasteiger partial charge in [0.15, 0.2) is 11.6 Å². The number of aromatic nitrogens is 1. The van der Waals surface area contributed by atoms with Crippen LogP contribution in [0.25, 0.3) is 0 Å². The molecule has 1 aromatic carbocycles. The van der Waals surface area contributed by atoms with Crippen molar-refractivity contribution < 1.29 is 9.13 Å². The largest absolute Gasteiger partial charge is 0.436 e. The van der Waals surface area contributed by atoms with Crippen LogP contribution in [0.4, 0.5) is 4.39 Å². The van der Waals surface area contributed by atoms with Crippen LogP contribution in [-0.4, -0.2) is 11.0 Å². The average molecular weight is 272 g/mol. The average Bonchev–Trinajstić information content (AvgIpc) is 3.25. The van der Waals surface area contributed by atoms with Crippen molar-refractivity contribution in [2.24, 2.45) is 0 Å². The molecule has 1 fully saturated rings. The van der Waals surface area contributed by atoms with E-state index in [0.29, 0.717) is 11.9 Å². The lowest BCUT2D eigenvalue weighted by molar-refractivity contribution is 0.425. The lowest BCUT2D eigenvalue weighted by Crippen LogP contribution is -2.16. The fourth-order valence-electron chi connectivity index (χ4n) is 1.95. The van der Waals surface area contributed by atoms with Crippen LogP contribution in [0.15, 0.2) is 36.4 Å². The normalized spacial score (nSPS) is 14.3. The fraction of sp³-hybridized carbons (Fsp3) is 0.312. The number of hydrogen-bond acceptors (Lipinski definition) is 3. The minimum absolute atomic E-state index is 0.213. The first-order valence-corrected chi connectivity index (χ1v) is 6.84. The highest BCUT2D eigenvalue weighted by Gasteiger charge is 2.20. The van der Waals surface area contributed by atoms with Crippen LogP contribution in [0, 0.1) is 12.7 Å². The molecule has 2 aromatic rings. The first-order chi connectivity index (χ1) is 9.70. The third-order valence-electron chi connectivity index (χ3n) is 3.23. The van der Waals surface area contributed by atoms with E-state index in [1.807, 2.05) is 19.1 Å². The van der Waals surface area contributed by atoms with Crippen LogP contribution < -0.4 is 10.1 Å².